The molecule has 0 radical (unpaired) electrons. The predicted molar refractivity (Wildman–Crippen MR) is 90.8 cm³/mol. The van der Waals surface area contributed by atoms with Crippen LogP contribution in [0.3, 0.4) is 0 Å². The number of piperidine rings is 1. The van der Waals surface area contributed by atoms with Crippen LogP contribution in [-0.2, 0) is 6.54 Å². The van der Waals surface area contributed by atoms with Crippen molar-refractivity contribution in [2.75, 3.05) is 25.4 Å². The van der Waals surface area contributed by atoms with Crippen LogP contribution in [0.4, 0.5) is 5.69 Å². The largest absolute Gasteiger partial charge is 0.493 e. The van der Waals surface area contributed by atoms with Gasteiger partial charge in [0.1, 0.15) is 5.75 Å². The first kappa shape index (κ1) is 14.9. The van der Waals surface area contributed by atoms with Crippen molar-refractivity contribution in [1.82, 2.24) is 4.90 Å². The first-order chi connectivity index (χ1) is 10.8. The molecule has 0 spiro atoms. The summed E-state index contributed by atoms with van der Waals surface area (Å²) in [4.78, 5) is 2.51. The van der Waals surface area contributed by atoms with Crippen molar-refractivity contribution in [2.45, 2.75) is 19.4 Å². The molecular weight excluding hydrogens is 272 g/mol. The van der Waals surface area contributed by atoms with Crippen LogP contribution < -0.4 is 10.5 Å². The summed E-state index contributed by atoms with van der Waals surface area (Å²) < 4.78 is 5.88. The quantitative estimate of drug-likeness (QED) is 0.857. The molecule has 1 fully saturated rings. The molecule has 1 saturated heterocycles. The number of hydrogen-bond donors (Lipinski definition) is 1. The van der Waals surface area contributed by atoms with E-state index in [2.05, 4.69) is 17.0 Å². The lowest BCUT2D eigenvalue weighted by molar-refractivity contribution is 0.137. The fourth-order valence-corrected chi connectivity index (χ4v) is 2.99. The zero-order chi connectivity index (χ0) is 15.2. The maximum atomic E-state index is 5.88. The van der Waals surface area contributed by atoms with Crippen molar-refractivity contribution in [1.29, 1.82) is 0 Å². The molecule has 1 aliphatic rings. The molecule has 2 aromatic carbocycles. The number of rotatable bonds is 5. The second kappa shape index (κ2) is 7.32. The molecule has 1 heterocycles. The smallest absolute Gasteiger partial charge is 0.119 e. The number of anilines is 1. The highest BCUT2D eigenvalue weighted by atomic mass is 16.5. The van der Waals surface area contributed by atoms with Crippen molar-refractivity contribution in [3.63, 3.8) is 0 Å². The SMILES string of the molecule is Nc1cccc(CN2CCC(COc3ccccc3)CC2)c1. The highest BCUT2D eigenvalue weighted by molar-refractivity contribution is 5.40. The molecule has 0 amide bonds. The summed E-state index contributed by atoms with van der Waals surface area (Å²) in [6.45, 7) is 4.10. The van der Waals surface area contributed by atoms with Gasteiger partial charge in [0, 0.05) is 12.2 Å². The normalized spacial score (nSPS) is 16.5. The monoisotopic (exact) mass is 296 g/mol. The van der Waals surface area contributed by atoms with Crippen LogP contribution in [0.25, 0.3) is 0 Å². The Hall–Kier alpha value is -2.00. The summed E-state index contributed by atoms with van der Waals surface area (Å²) in [6.07, 6.45) is 2.41. The Morgan fingerprint density at radius 1 is 1.00 bits per heavy atom. The van der Waals surface area contributed by atoms with E-state index in [0.29, 0.717) is 5.92 Å². The van der Waals surface area contributed by atoms with Crippen LogP contribution in [0.1, 0.15) is 18.4 Å². The minimum Gasteiger partial charge on any atom is -0.493 e. The molecule has 0 atom stereocenters. The lowest BCUT2D eigenvalue weighted by Gasteiger charge is -2.31. The zero-order valence-electron chi connectivity index (χ0n) is 12.9. The van der Waals surface area contributed by atoms with Gasteiger partial charge in [0.25, 0.3) is 0 Å². The van der Waals surface area contributed by atoms with Crippen molar-refractivity contribution in [2.24, 2.45) is 5.92 Å². The number of nitrogens with zero attached hydrogens (tertiary/aromatic N) is 1. The lowest BCUT2D eigenvalue weighted by atomic mass is 9.97. The van der Waals surface area contributed by atoms with Gasteiger partial charge in [-0.2, -0.15) is 0 Å². The van der Waals surface area contributed by atoms with Gasteiger partial charge < -0.3 is 10.5 Å². The summed E-state index contributed by atoms with van der Waals surface area (Å²) in [6, 6.07) is 18.3. The topological polar surface area (TPSA) is 38.5 Å². The Labute approximate surface area is 132 Å². The minimum atomic E-state index is 0.664. The molecule has 0 aromatic heterocycles. The number of hydrogen-bond acceptors (Lipinski definition) is 3. The van der Waals surface area contributed by atoms with E-state index >= 15 is 0 Å². The van der Waals surface area contributed by atoms with E-state index in [0.717, 1.165) is 37.7 Å². The molecule has 2 aromatic rings. The number of ether oxygens (including phenoxy) is 1. The fraction of sp³-hybridized carbons (Fsp3) is 0.368. The van der Waals surface area contributed by atoms with Gasteiger partial charge in [-0.05, 0) is 61.7 Å². The Balaban J connectivity index is 1.42. The van der Waals surface area contributed by atoms with Gasteiger partial charge in [0.05, 0.1) is 6.61 Å². The second-order valence-corrected chi connectivity index (χ2v) is 6.09. The van der Waals surface area contributed by atoms with E-state index in [-0.39, 0.29) is 0 Å². The average molecular weight is 296 g/mol. The molecule has 116 valence electrons. The maximum absolute atomic E-state index is 5.88. The number of likely N-dealkylation sites (tertiary alicyclic amines) is 1. The van der Waals surface area contributed by atoms with Crippen LogP contribution in [-0.4, -0.2) is 24.6 Å². The maximum Gasteiger partial charge on any atom is 0.119 e. The average Bonchev–Trinajstić information content (AvgIpc) is 2.55. The molecule has 0 bridgehead atoms. The van der Waals surface area contributed by atoms with Crippen LogP contribution >= 0.6 is 0 Å². The summed E-state index contributed by atoms with van der Waals surface area (Å²) in [7, 11) is 0. The molecular formula is C19H24N2O. The molecule has 0 saturated carbocycles. The van der Waals surface area contributed by atoms with Crippen molar-refractivity contribution in [3.8, 4) is 5.75 Å². The molecule has 22 heavy (non-hydrogen) atoms. The van der Waals surface area contributed by atoms with Crippen molar-refractivity contribution < 1.29 is 4.74 Å². The number of para-hydroxylation sites is 1. The summed E-state index contributed by atoms with van der Waals surface area (Å²) in [5, 5.41) is 0. The van der Waals surface area contributed by atoms with Gasteiger partial charge in [-0.25, -0.2) is 0 Å². The fourth-order valence-electron chi connectivity index (χ4n) is 2.99. The molecule has 2 N–H and O–H groups in total. The van der Waals surface area contributed by atoms with Gasteiger partial charge in [0.2, 0.25) is 0 Å². The van der Waals surface area contributed by atoms with Gasteiger partial charge in [-0.1, -0.05) is 30.3 Å². The molecule has 3 rings (SSSR count). The second-order valence-electron chi connectivity index (χ2n) is 6.09. The van der Waals surface area contributed by atoms with Crippen LogP contribution in [0.15, 0.2) is 54.6 Å². The molecule has 0 aliphatic carbocycles. The van der Waals surface area contributed by atoms with Gasteiger partial charge >= 0.3 is 0 Å². The van der Waals surface area contributed by atoms with Gasteiger partial charge in [-0.3, -0.25) is 4.90 Å². The molecule has 3 nitrogen and oxygen atoms in total. The third kappa shape index (κ3) is 4.25. The highest BCUT2D eigenvalue weighted by Crippen LogP contribution is 2.21. The van der Waals surface area contributed by atoms with E-state index < -0.39 is 0 Å². The van der Waals surface area contributed by atoms with E-state index in [1.807, 2.05) is 42.5 Å². The van der Waals surface area contributed by atoms with Gasteiger partial charge in [0.15, 0.2) is 0 Å². The van der Waals surface area contributed by atoms with E-state index in [1.54, 1.807) is 0 Å². The van der Waals surface area contributed by atoms with E-state index in [1.165, 1.54) is 18.4 Å². The highest BCUT2D eigenvalue weighted by Gasteiger charge is 2.19. The van der Waals surface area contributed by atoms with Crippen LogP contribution in [0, 0.1) is 5.92 Å². The van der Waals surface area contributed by atoms with Gasteiger partial charge in [-0.15, -0.1) is 0 Å². The summed E-state index contributed by atoms with van der Waals surface area (Å²) in [5.41, 5.74) is 8.00. The Bertz CT molecular complexity index is 577. The third-order valence-electron chi connectivity index (χ3n) is 4.29. The number of nitrogen functional groups attached to an aromatic ring is 1. The molecule has 1 aliphatic heterocycles. The van der Waals surface area contributed by atoms with Crippen LogP contribution in [0.2, 0.25) is 0 Å². The van der Waals surface area contributed by atoms with E-state index in [4.69, 9.17) is 10.5 Å². The first-order valence-electron chi connectivity index (χ1n) is 8.04. The Morgan fingerprint density at radius 2 is 1.77 bits per heavy atom. The minimum absolute atomic E-state index is 0.664. The summed E-state index contributed by atoms with van der Waals surface area (Å²) in [5.74, 6) is 1.64. The Kier molecular flexibility index (Phi) is 4.96. The van der Waals surface area contributed by atoms with Crippen molar-refractivity contribution >= 4 is 5.69 Å². The standard InChI is InChI=1S/C19H24N2O/c20-18-6-4-5-17(13-18)14-21-11-9-16(10-12-21)15-22-19-7-2-1-3-8-19/h1-8,13,16H,9-12,14-15,20H2. The molecule has 3 heteroatoms. The predicted octanol–water partition coefficient (Wildman–Crippen LogP) is 3.56. The van der Waals surface area contributed by atoms with Crippen molar-refractivity contribution in [3.05, 3.63) is 60.2 Å². The number of benzene rings is 2. The third-order valence-corrected chi connectivity index (χ3v) is 4.29. The summed E-state index contributed by atoms with van der Waals surface area (Å²) >= 11 is 0. The van der Waals surface area contributed by atoms with Crippen LogP contribution in [0.5, 0.6) is 5.75 Å². The first-order valence-corrected chi connectivity index (χ1v) is 8.04. The zero-order valence-corrected chi connectivity index (χ0v) is 12.9. The Morgan fingerprint density at radius 3 is 2.50 bits per heavy atom. The van der Waals surface area contributed by atoms with E-state index in [9.17, 15) is 0 Å². The molecule has 0 unspecified atom stereocenters. The number of nitrogens with two attached hydrogens (primary N) is 1. The lowest BCUT2D eigenvalue weighted by Crippen LogP contribution is -2.35.